The van der Waals surface area contributed by atoms with E-state index in [-0.39, 0.29) is 0 Å². The van der Waals surface area contributed by atoms with E-state index in [1.165, 1.54) is 20.1 Å². The summed E-state index contributed by atoms with van der Waals surface area (Å²) in [6.45, 7) is 1.48. The molecule has 0 heterocycles. The van der Waals surface area contributed by atoms with Crippen molar-refractivity contribution in [3.05, 3.63) is 59.1 Å². The zero-order chi connectivity index (χ0) is 19.8. The second kappa shape index (κ2) is 9.64. The second-order valence-corrected chi connectivity index (χ2v) is 5.96. The number of rotatable bonds is 7. The van der Waals surface area contributed by atoms with Crippen molar-refractivity contribution in [2.45, 2.75) is 13.0 Å². The summed E-state index contributed by atoms with van der Waals surface area (Å²) in [6.07, 6.45) is 1.82. The van der Waals surface area contributed by atoms with Gasteiger partial charge in [-0.2, -0.15) is 0 Å². The van der Waals surface area contributed by atoms with Crippen molar-refractivity contribution >= 4 is 35.2 Å². The fourth-order valence-corrected chi connectivity index (χ4v) is 2.36. The Hall–Kier alpha value is -2.99. The molecule has 1 N–H and O–H groups in total. The number of halogens is 1. The van der Waals surface area contributed by atoms with E-state index in [0.29, 0.717) is 22.2 Å². The molecular weight excluding hydrogens is 370 g/mol. The lowest BCUT2D eigenvalue weighted by Crippen LogP contribution is -2.29. The predicted molar refractivity (Wildman–Crippen MR) is 104 cm³/mol. The molecule has 0 fully saturated rings. The Balaban J connectivity index is 1.96. The van der Waals surface area contributed by atoms with E-state index in [9.17, 15) is 9.59 Å². The highest BCUT2D eigenvalue weighted by molar-refractivity contribution is 6.31. The number of esters is 1. The number of hydrogen-bond acceptors (Lipinski definition) is 5. The largest absolute Gasteiger partial charge is 0.497 e. The lowest BCUT2D eigenvalue weighted by atomic mass is 10.2. The summed E-state index contributed by atoms with van der Waals surface area (Å²) in [5.41, 5.74) is 1.16. The molecule has 2 aromatic rings. The van der Waals surface area contributed by atoms with Gasteiger partial charge in [-0.15, -0.1) is 0 Å². The highest BCUT2D eigenvalue weighted by atomic mass is 35.5. The molecule has 27 heavy (non-hydrogen) atoms. The van der Waals surface area contributed by atoms with Gasteiger partial charge in [-0.25, -0.2) is 4.79 Å². The Kier molecular flexibility index (Phi) is 7.25. The average molecular weight is 390 g/mol. The monoisotopic (exact) mass is 389 g/mol. The van der Waals surface area contributed by atoms with Crippen LogP contribution in [0, 0.1) is 0 Å². The molecule has 7 heteroatoms. The van der Waals surface area contributed by atoms with Crippen LogP contribution in [0.3, 0.4) is 0 Å². The van der Waals surface area contributed by atoms with Gasteiger partial charge in [0.15, 0.2) is 6.10 Å². The highest BCUT2D eigenvalue weighted by Crippen LogP contribution is 2.27. The third-order valence-corrected chi connectivity index (χ3v) is 3.82. The molecule has 6 nitrogen and oxygen atoms in total. The van der Waals surface area contributed by atoms with E-state index >= 15 is 0 Å². The molecule has 0 radical (unpaired) electrons. The molecule has 0 saturated carbocycles. The maximum absolute atomic E-state index is 12.3. The zero-order valence-electron chi connectivity index (χ0n) is 15.2. The summed E-state index contributed by atoms with van der Waals surface area (Å²) in [5, 5.41) is 3.07. The summed E-state index contributed by atoms with van der Waals surface area (Å²) in [4.78, 5) is 24.2. The summed E-state index contributed by atoms with van der Waals surface area (Å²) in [6, 6.07) is 12.0. The molecule has 0 saturated heterocycles. The minimum absolute atomic E-state index is 0.393. The first-order valence-electron chi connectivity index (χ1n) is 8.10. The molecule has 0 bridgehead atoms. The van der Waals surface area contributed by atoms with Gasteiger partial charge in [0.1, 0.15) is 11.5 Å². The minimum atomic E-state index is -1.00. The topological polar surface area (TPSA) is 73.9 Å². The van der Waals surface area contributed by atoms with Crippen LogP contribution < -0.4 is 14.8 Å². The minimum Gasteiger partial charge on any atom is -0.497 e. The maximum atomic E-state index is 12.3. The Morgan fingerprint density at radius 1 is 1.11 bits per heavy atom. The van der Waals surface area contributed by atoms with Crippen LogP contribution in [0.15, 0.2) is 48.5 Å². The zero-order valence-corrected chi connectivity index (χ0v) is 15.9. The average Bonchev–Trinajstić information content (AvgIpc) is 2.66. The van der Waals surface area contributed by atoms with E-state index in [2.05, 4.69) is 5.32 Å². The van der Waals surface area contributed by atoms with Crippen LogP contribution in [0.25, 0.3) is 6.08 Å². The van der Waals surface area contributed by atoms with Gasteiger partial charge in [0.25, 0.3) is 5.91 Å². The molecule has 2 rings (SSSR count). The number of carbonyl (C=O) groups is 2. The molecule has 1 atom stereocenters. The van der Waals surface area contributed by atoms with Crippen LogP contribution in [0.4, 0.5) is 5.69 Å². The summed E-state index contributed by atoms with van der Waals surface area (Å²) >= 11 is 5.93. The molecular formula is C20H20ClNO5. The molecule has 0 aliphatic carbocycles. The molecule has 2 aromatic carbocycles. The van der Waals surface area contributed by atoms with Gasteiger partial charge >= 0.3 is 5.97 Å². The molecule has 1 unspecified atom stereocenters. The third kappa shape index (κ3) is 6.04. The van der Waals surface area contributed by atoms with E-state index in [1.54, 1.807) is 49.6 Å². The van der Waals surface area contributed by atoms with Crippen molar-refractivity contribution in [1.29, 1.82) is 0 Å². The SMILES string of the molecule is COc1cccc(C=CC(=O)OC(C)C(=O)Nc2cc(Cl)ccc2OC)c1. The van der Waals surface area contributed by atoms with Crippen molar-refractivity contribution in [2.24, 2.45) is 0 Å². The molecule has 0 spiro atoms. The first-order chi connectivity index (χ1) is 12.9. The second-order valence-electron chi connectivity index (χ2n) is 5.52. The van der Waals surface area contributed by atoms with Gasteiger partial charge in [0.2, 0.25) is 0 Å². The van der Waals surface area contributed by atoms with Crippen molar-refractivity contribution in [3.8, 4) is 11.5 Å². The van der Waals surface area contributed by atoms with E-state index in [4.69, 9.17) is 25.8 Å². The van der Waals surface area contributed by atoms with Gasteiger partial charge in [0, 0.05) is 11.1 Å². The smallest absolute Gasteiger partial charge is 0.331 e. The fraction of sp³-hybridized carbons (Fsp3) is 0.200. The van der Waals surface area contributed by atoms with Gasteiger partial charge in [0.05, 0.1) is 19.9 Å². The molecule has 142 valence electrons. The highest BCUT2D eigenvalue weighted by Gasteiger charge is 2.18. The van der Waals surface area contributed by atoms with E-state index < -0.39 is 18.0 Å². The van der Waals surface area contributed by atoms with Crippen molar-refractivity contribution in [1.82, 2.24) is 0 Å². The first-order valence-corrected chi connectivity index (χ1v) is 8.48. The van der Waals surface area contributed by atoms with Gasteiger partial charge < -0.3 is 19.5 Å². The Morgan fingerprint density at radius 3 is 2.59 bits per heavy atom. The number of anilines is 1. The number of hydrogen-bond donors (Lipinski definition) is 1. The quantitative estimate of drug-likeness (QED) is 0.573. The number of carbonyl (C=O) groups excluding carboxylic acids is 2. The molecule has 1 amide bonds. The van der Waals surface area contributed by atoms with Crippen LogP contribution in [-0.2, 0) is 14.3 Å². The van der Waals surface area contributed by atoms with Crippen molar-refractivity contribution in [3.63, 3.8) is 0 Å². The number of ether oxygens (including phenoxy) is 3. The predicted octanol–water partition coefficient (Wildman–Crippen LogP) is 3.94. The number of benzene rings is 2. The van der Waals surface area contributed by atoms with E-state index in [1.807, 2.05) is 6.07 Å². The van der Waals surface area contributed by atoms with Gasteiger partial charge in [-0.3, -0.25) is 4.79 Å². The molecule has 0 aliphatic heterocycles. The lowest BCUT2D eigenvalue weighted by Gasteiger charge is -2.14. The normalized spacial score (nSPS) is 11.7. The first kappa shape index (κ1) is 20.3. The Bertz CT molecular complexity index is 850. The molecule has 0 aliphatic rings. The maximum Gasteiger partial charge on any atom is 0.331 e. The Labute approximate surface area is 162 Å². The van der Waals surface area contributed by atoms with Crippen LogP contribution in [0.5, 0.6) is 11.5 Å². The number of methoxy groups -OCH3 is 2. The van der Waals surface area contributed by atoms with Crippen molar-refractivity contribution < 1.29 is 23.8 Å². The summed E-state index contributed by atoms with van der Waals surface area (Å²) in [7, 11) is 3.04. The summed E-state index contributed by atoms with van der Waals surface area (Å²) in [5.74, 6) is -0.0184. The van der Waals surface area contributed by atoms with Crippen LogP contribution in [-0.4, -0.2) is 32.2 Å². The standard InChI is InChI=1S/C20H20ClNO5/c1-13(20(24)22-17-12-15(21)8-9-18(17)26-3)27-19(23)10-7-14-5-4-6-16(11-14)25-2/h4-13H,1-3H3,(H,22,24). The van der Waals surface area contributed by atoms with Gasteiger partial charge in [-0.1, -0.05) is 23.7 Å². The summed E-state index contributed by atoms with van der Waals surface area (Å²) < 4.78 is 15.4. The fourth-order valence-electron chi connectivity index (χ4n) is 2.19. The van der Waals surface area contributed by atoms with E-state index in [0.717, 1.165) is 5.56 Å². The van der Waals surface area contributed by atoms with Crippen LogP contribution in [0.1, 0.15) is 12.5 Å². The third-order valence-electron chi connectivity index (χ3n) is 3.59. The van der Waals surface area contributed by atoms with Crippen molar-refractivity contribution in [2.75, 3.05) is 19.5 Å². The van der Waals surface area contributed by atoms with Gasteiger partial charge in [-0.05, 0) is 48.9 Å². The molecule has 0 aromatic heterocycles. The van der Waals surface area contributed by atoms with Crippen LogP contribution >= 0.6 is 11.6 Å². The lowest BCUT2D eigenvalue weighted by molar-refractivity contribution is -0.148. The number of amides is 1. The number of nitrogens with one attached hydrogen (secondary N) is 1. The Morgan fingerprint density at radius 2 is 1.89 bits per heavy atom. The van der Waals surface area contributed by atoms with Crippen LogP contribution in [0.2, 0.25) is 5.02 Å².